The van der Waals surface area contributed by atoms with Crippen molar-refractivity contribution in [2.24, 2.45) is 4.99 Å². The van der Waals surface area contributed by atoms with Crippen molar-refractivity contribution in [3.63, 3.8) is 0 Å². The summed E-state index contributed by atoms with van der Waals surface area (Å²) in [4.78, 5) is 16.4. The van der Waals surface area contributed by atoms with Crippen molar-refractivity contribution < 1.29 is 23.1 Å². The lowest BCUT2D eigenvalue weighted by atomic mass is 9.83. The normalized spacial score (nSPS) is 21.2. The number of rotatable bonds is 5. The maximum Gasteiger partial charge on any atom is 0.416 e. The van der Waals surface area contributed by atoms with Gasteiger partial charge in [-0.25, -0.2) is 4.79 Å². The van der Waals surface area contributed by atoms with Gasteiger partial charge >= 0.3 is 12.1 Å². The van der Waals surface area contributed by atoms with Crippen molar-refractivity contribution in [2.75, 3.05) is 12.3 Å². The standard InChI is InChI=1S/C19H23F3NO2P/c1-5-26(6-2)17-12(4)23-11(3)15(18(24)25)16(17)13-8-7-9-14(10-13)19(20,21)22/h7-10,16-17H,5-6H2,1-4H3,(H,24,25). The fourth-order valence-electron chi connectivity index (χ4n) is 3.65. The molecule has 0 aliphatic carbocycles. The lowest BCUT2D eigenvalue weighted by Crippen LogP contribution is -2.33. The van der Waals surface area contributed by atoms with Gasteiger partial charge in [0.05, 0.1) is 11.1 Å². The van der Waals surface area contributed by atoms with Gasteiger partial charge in [0.25, 0.3) is 0 Å². The molecule has 7 heteroatoms. The van der Waals surface area contributed by atoms with Crippen LogP contribution >= 0.6 is 7.92 Å². The highest BCUT2D eigenvalue weighted by Crippen LogP contribution is 2.52. The highest BCUT2D eigenvalue weighted by molar-refractivity contribution is 7.59. The molecule has 1 aliphatic rings. The number of hydrogen-bond acceptors (Lipinski definition) is 2. The van der Waals surface area contributed by atoms with Gasteiger partial charge in [-0.3, -0.25) is 4.99 Å². The van der Waals surface area contributed by atoms with E-state index in [0.29, 0.717) is 11.3 Å². The topological polar surface area (TPSA) is 49.7 Å². The largest absolute Gasteiger partial charge is 0.478 e. The highest BCUT2D eigenvalue weighted by Gasteiger charge is 2.40. The fourth-order valence-corrected chi connectivity index (χ4v) is 6.22. The minimum absolute atomic E-state index is 0.106. The predicted octanol–water partition coefficient (Wildman–Crippen LogP) is 5.51. The smallest absolute Gasteiger partial charge is 0.416 e. The summed E-state index contributed by atoms with van der Waals surface area (Å²) in [6.07, 6.45) is -2.73. The third-order valence-electron chi connectivity index (χ3n) is 4.80. The number of aliphatic carboxylic acids is 1. The molecule has 1 aromatic carbocycles. The van der Waals surface area contributed by atoms with E-state index < -0.39 is 31.5 Å². The lowest BCUT2D eigenvalue weighted by molar-refractivity contribution is -0.137. The van der Waals surface area contributed by atoms with Gasteiger partial charge in [0.2, 0.25) is 0 Å². The number of nitrogens with zero attached hydrogens (tertiary/aromatic N) is 1. The Kier molecular flexibility index (Phi) is 6.28. The molecule has 0 spiro atoms. The molecule has 26 heavy (non-hydrogen) atoms. The van der Waals surface area contributed by atoms with Gasteiger partial charge in [0.1, 0.15) is 0 Å². The van der Waals surface area contributed by atoms with Gasteiger partial charge in [-0.2, -0.15) is 13.2 Å². The zero-order valence-corrected chi connectivity index (χ0v) is 16.2. The quantitative estimate of drug-likeness (QED) is 0.679. The monoisotopic (exact) mass is 385 g/mol. The Morgan fingerprint density at radius 2 is 1.85 bits per heavy atom. The minimum Gasteiger partial charge on any atom is -0.478 e. The van der Waals surface area contributed by atoms with E-state index in [9.17, 15) is 23.1 Å². The van der Waals surface area contributed by atoms with Crippen LogP contribution in [0, 0.1) is 0 Å². The molecule has 142 valence electrons. The Hall–Kier alpha value is -1.68. The highest BCUT2D eigenvalue weighted by atomic mass is 31.1. The molecule has 2 unspecified atom stereocenters. The molecule has 1 aliphatic heterocycles. The summed E-state index contributed by atoms with van der Waals surface area (Å²) >= 11 is 0. The number of carboxylic acid groups (broad SMARTS) is 1. The van der Waals surface area contributed by atoms with Gasteiger partial charge in [-0.1, -0.05) is 40.0 Å². The van der Waals surface area contributed by atoms with Crippen LogP contribution in [-0.2, 0) is 11.0 Å². The molecule has 1 heterocycles. The van der Waals surface area contributed by atoms with Gasteiger partial charge in [-0.15, -0.1) is 0 Å². The van der Waals surface area contributed by atoms with Gasteiger partial charge in [-0.05, 0) is 37.8 Å². The van der Waals surface area contributed by atoms with Crippen LogP contribution in [0.15, 0.2) is 40.5 Å². The van der Waals surface area contributed by atoms with Crippen LogP contribution in [0.25, 0.3) is 0 Å². The molecular formula is C19H23F3NO2P. The molecule has 0 saturated heterocycles. The second-order valence-corrected chi connectivity index (χ2v) is 9.32. The van der Waals surface area contributed by atoms with Gasteiger partial charge in [0.15, 0.2) is 0 Å². The van der Waals surface area contributed by atoms with E-state index >= 15 is 0 Å². The summed E-state index contributed by atoms with van der Waals surface area (Å²) in [5.74, 6) is -1.73. The second-order valence-electron chi connectivity index (χ2n) is 6.32. The van der Waals surface area contributed by atoms with Gasteiger partial charge in [0, 0.05) is 23.0 Å². The molecule has 2 atom stereocenters. The molecule has 0 saturated carbocycles. The third kappa shape index (κ3) is 4.01. The average molecular weight is 385 g/mol. The first-order valence-electron chi connectivity index (χ1n) is 8.52. The first kappa shape index (κ1) is 20.6. The first-order valence-corrected chi connectivity index (χ1v) is 10.3. The summed E-state index contributed by atoms with van der Waals surface area (Å²) in [6.45, 7) is 7.55. The number of aliphatic imine (C=N–C) groups is 1. The van der Waals surface area contributed by atoms with Crippen LogP contribution in [0.4, 0.5) is 13.2 Å². The summed E-state index contributed by atoms with van der Waals surface area (Å²) < 4.78 is 39.6. The van der Waals surface area contributed by atoms with E-state index in [0.717, 1.165) is 30.2 Å². The zero-order chi connectivity index (χ0) is 19.6. The van der Waals surface area contributed by atoms with E-state index in [-0.39, 0.29) is 11.2 Å². The molecule has 3 nitrogen and oxygen atoms in total. The number of carbonyl (C=O) groups is 1. The number of benzene rings is 1. The van der Waals surface area contributed by atoms with Crippen molar-refractivity contribution >= 4 is 19.6 Å². The fraction of sp³-hybridized carbons (Fsp3) is 0.474. The van der Waals surface area contributed by atoms with E-state index in [2.05, 4.69) is 4.99 Å². The Balaban J connectivity index is 2.69. The van der Waals surface area contributed by atoms with E-state index in [1.54, 1.807) is 13.0 Å². The molecular weight excluding hydrogens is 362 g/mol. The maximum absolute atomic E-state index is 13.2. The zero-order valence-electron chi connectivity index (χ0n) is 15.3. The Bertz CT molecular complexity index is 751. The molecule has 0 amide bonds. The summed E-state index contributed by atoms with van der Waals surface area (Å²) in [6, 6.07) is 5.05. The molecule has 0 radical (unpaired) electrons. The van der Waals surface area contributed by atoms with Crippen molar-refractivity contribution in [3.8, 4) is 0 Å². The SMILES string of the molecule is CCP(CC)C1C(C)=NC(C)=C(C(=O)O)C1c1cccc(C(F)(F)F)c1. The number of alkyl halides is 3. The van der Waals surface area contributed by atoms with Crippen molar-refractivity contribution in [1.29, 1.82) is 0 Å². The summed E-state index contributed by atoms with van der Waals surface area (Å²) in [7, 11) is -0.594. The number of carboxylic acids is 1. The third-order valence-corrected chi connectivity index (χ3v) is 7.88. The molecule has 1 N–H and O–H groups in total. The number of halogens is 3. The van der Waals surface area contributed by atoms with Crippen LogP contribution in [0.3, 0.4) is 0 Å². The van der Waals surface area contributed by atoms with E-state index in [4.69, 9.17) is 0 Å². The van der Waals surface area contributed by atoms with Crippen LogP contribution < -0.4 is 0 Å². The maximum atomic E-state index is 13.2. The average Bonchev–Trinajstić information content (AvgIpc) is 2.56. The first-order chi connectivity index (χ1) is 12.1. The summed E-state index contributed by atoms with van der Waals surface area (Å²) in [5, 5.41) is 9.76. The summed E-state index contributed by atoms with van der Waals surface area (Å²) in [5.41, 5.74) is 0.756. The Labute approximate surface area is 152 Å². The van der Waals surface area contributed by atoms with Gasteiger partial charge < -0.3 is 5.11 Å². The van der Waals surface area contributed by atoms with Crippen LogP contribution in [0.2, 0.25) is 0 Å². The Morgan fingerprint density at radius 1 is 1.23 bits per heavy atom. The van der Waals surface area contributed by atoms with Crippen molar-refractivity contribution in [1.82, 2.24) is 0 Å². The van der Waals surface area contributed by atoms with E-state index in [1.165, 1.54) is 6.07 Å². The van der Waals surface area contributed by atoms with Crippen LogP contribution in [-0.4, -0.2) is 34.8 Å². The van der Waals surface area contributed by atoms with Crippen molar-refractivity contribution in [3.05, 3.63) is 46.7 Å². The predicted molar refractivity (Wildman–Crippen MR) is 99.4 cm³/mol. The molecule has 2 rings (SSSR count). The number of hydrogen-bond donors (Lipinski definition) is 1. The molecule has 0 fully saturated rings. The van der Waals surface area contributed by atoms with Crippen molar-refractivity contribution in [2.45, 2.75) is 45.4 Å². The molecule has 1 aromatic rings. The molecule has 0 bridgehead atoms. The Morgan fingerprint density at radius 3 is 2.35 bits per heavy atom. The lowest BCUT2D eigenvalue weighted by Gasteiger charge is -2.37. The second kappa shape index (κ2) is 7.91. The minimum atomic E-state index is -4.47. The van der Waals surface area contributed by atoms with Crippen LogP contribution in [0.1, 0.15) is 44.7 Å². The molecule has 0 aromatic heterocycles. The van der Waals surface area contributed by atoms with Crippen LogP contribution in [0.5, 0.6) is 0 Å². The van der Waals surface area contributed by atoms with E-state index in [1.807, 2.05) is 20.8 Å². The number of allylic oxidation sites excluding steroid dienone is 1.